The van der Waals surface area contributed by atoms with Crippen LogP contribution >= 0.6 is 0 Å². The molecule has 0 saturated carbocycles. The minimum absolute atomic E-state index is 0.110. The zero-order valence-electron chi connectivity index (χ0n) is 34.1. The summed E-state index contributed by atoms with van der Waals surface area (Å²) in [7, 11) is 4.11. The number of aromatic hydroxyl groups is 1. The number of hydrogen-bond donors (Lipinski definition) is 3. The zero-order valence-corrected chi connectivity index (χ0v) is 34.1. The first-order chi connectivity index (χ1) is 27.7. The number of carboxylic acids is 1. The van der Waals surface area contributed by atoms with E-state index in [0.717, 1.165) is 58.8 Å². The number of carboxylic acid groups (broad SMARTS) is 1. The SMILES string of the molecule is CN(C)c1ccc(CCNc2cc(-c3ccc4ccccc4c3C(=O)C=Cc3ccc(C(=O)O)c(O)c3)cc3ccc4c(c23)C(C)(C)CC2=C4C=CC(C)(C)C2)cc1. The molecule has 0 atom stereocenters. The van der Waals surface area contributed by atoms with Crippen LogP contribution in [0.5, 0.6) is 5.75 Å². The molecule has 2 aliphatic carbocycles. The second-order valence-corrected chi connectivity index (χ2v) is 17.4. The molecule has 292 valence electrons. The van der Waals surface area contributed by atoms with Gasteiger partial charge in [-0.2, -0.15) is 0 Å². The van der Waals surface area contributed by atoms with E-state index in [2.05, 4.69) is 119 Å². The van der Waals surface area contributed by atoms with Gasteiger partial charge in [0.25, 0.3) is 0 Å². The number of hydrogen-bond acceptors (Lipinski definition) is 5. The summed E-state index contributed by atoms with van der Waals surface area (Å²) in [5.74, 6) is -1.76. The summed E-state index contributed by atoms with van der Waals surface area (Å²) < 4.78 is 0. The lowest BCUT2D eigenvalue weighted by Gasteiger charge is -2.40. The van der Waals surface area contributed by atoms with Crippen LogP contribution in [0.1, 0.15) is 83.5 Å². The number of benzene rings is 6. The Balaban J connectivity index is 1.27. The standard InChI is InChI=1S/C52H50N2O4/c1-51(2)25-23-39-37(30-51)31-52(3,4)49-42(39)21-16-35-28-36(29-44(47(35)49)53-26-24-32-11-17-38(18-12-32)54(5)6)41-20-15-34-9-7-8-10-40(34)48(41)45(55)22-14-33-13-19-43(50(57)58)46(56)27-33/h7-23,25,27-29,53,56H,24,26,30-31H2,1-6H3,(H,57,58). The van der Waals surface area contributed by atoms with E-state index >= 15 is 0 Å². The third-order valence-corrected chi connectivity index (χ3v) is 11.8. The van der Waals surface area contributed by atoms with Crippen molar-refractivity contribution in [3.63, 3.8) is 0 Å². The summed E-state index contributed by atoms with van der Waals surface area (Å²) in [6.45, 7) is 10.1. The highest BCUT2D eigenvalue weighted by Gasteiger charge is 2.37. The first-order valence-corrected chi connectivity index (χ1v) is 20.0. The smallest absolute Gasteiger partial charge is 0.339 e. The number of nitrogens with zero attached hydrogens (tertiary/aromatic N) is 1. The maximum atomic E-state index is 14.4. The Hall–Kier alpha value is -6.40. The molecule has 0 heterocycles. The molecule has 0 fully saturated rings. The number of anilines is 2. The molecule has 6 aromatic rings. The lowest BCUT2D eigenvalue weighted by Crippen LogP contribution is -2.28. The van der Waals surface area contributed by atoms with Crippen LogP contribution in [0.4, 0.5) is 11.4 Å². The van der Waals surface area contributed by atoms with Crippen molar-refractivity contribution < 1.29 is 19.8 Å². The Kier molecular flexibility index (Phi) is 9.84. The van der Waals surface area contributed by atoms with Crippen LogP contribution in [-0.2, 0) is 11.8 Å². The van der Waals surface area contributed by atoms with Crippen molar-refractivity contribution in [1.82, 2.24) is 0 Å². The van der Waals surface area contributed by atoms with E-state index < -0.39 is 5.97 Å². The second-order valence-electron chi connectivity index (χ2n) is 17.4. The lowest BCUT2D eigenvalue weighted by molar-refractivity contribution is 0.0693. The summed E-state index contributed by atoms with van der Waals surface area (Å²) in [6.07, 6.45) is 10.7. The van der Waals surface area contributed by atoms with Gasteiger partial charge in [-0.3, -0.25) is 4.79 Å². The summed E-state index contributed by atoms with van der Waals surface area (Å²) in [5, 5.41) is 27.7. The fourth-order valence-electron chi connectivity index (χ4n) is 9.05. The molecule has 0 spiro atoms. The number of carbonyl (C=O) groups is 2. The highest BCUT2D eigenvalue weighted by Crippen LogP contribution is 2.52. The third kappa shape index (κ3) is 7.31. The molecule has 6 nitrogen and oxygen atoms in total. The molecule has 0 amide bonds. The van der Waals surface area contributed by atoms with Crippen molar-refractivity contribution in [2.45, 2.75) is 52.4 Å². The molecule has 0 radical (unpaired) electrons. The number of ketones is 1. The molecule has 6 aromatic carbocycles. The van der Waals surface area contributed by atoms with Gasteiger partial charge in [0.05, 0.1) is 0 Å². The topological polar surface area (TPSA) is 89.9 Å². The minimum atomic E-state index is -1.21. The van der Waals surface area contributed by atoms with E-state index in [4.69, 9.17) is 0 Å². The van der Waals surface area contributed by atoms with Crippen LogP contribution in [0.25, 0.3) is 44.3 Å². The zero-order chi connectivity index (χ0) is 40.9. The van der Waals surface area contributed by atoms with Gasteiger partial charge < -0.3 is 20.4 Å². The van der Waals surface area contributed by atoms with Crippen LogP contribution in [0.3, 0.4) is 0 Å². The average Bonchev–Trinajstić information content (AvgIpc) is 3.18. The predicted octanol–water partition coefficient (Wildman–Crippen LogP) is 12.1. The van der Waals surface area contributed by atoms with Gasteiger partial charge in [0.15, 0.2) is 5.78 Å². The van der Waals surface area contributed by atoms with Crippen LogP contribution < -0.4 is 10.2 Å². The van der Waals surface area contributed by atoms with Gasteiger partial charge in [-0.05, 0) is 128 Å². The van der Waals surface area contributed by atoms with Crippen LogP contribution in [0.15, 0.2) is 127 Å². The van der Waals surface area contributed by atoms with Gasteiger partial charge >= 0.3 is 5.97 Å². The molecule has 3 N–H and O–H groups in total. The molecular weight excluding hydrogens is 717 g/mol. The van der Waals surface area contributed by atoms with E-state index in [0.29, 0.717) is 11.1 Å². The first kappa shape index (κ1) is 38.5. The van der Waals surface area contributed by atoms with Gasteiger partial charge in [0.2, 0.25) is 0 Å². The molecule has 2 aliphatic rings. The maximum absolute atomic E-state index is 14.4. The normalized spacial score (nSPS) is 15.4. The van der Waals surface area contributed by atoms with Crippen molar-refractivity contribution in [3.05, 3.63) is 160 Å². The summed E-state index contributed by atoms with van der Waals surface area (Å²) >= 11 is 0. The minimum Gasteiger partial charge on any atom is -0.507 e. The summed E-state index contributed by atoms with van der Waals surface area (Å²) in [6, 6.07) is 34.1. The largest absolute Gasteiger partial charge is 0.507 e. The Morgan fingerprint density at radius 1 is 0.828 bits per heavy atom. The van der Waals surface area contributed by atoms with E-state index in [9.17, 15) is 19.8 Å². The molecule has 0 saturated heterocycles. The van der Waals surface area contributed by atoms with E-state index in [1.54, 1.807) is 12.1 Å². The van der Waals surface area contributed by atoms with Crippen molar-refractivity contribution in [1.29, 1.82) is 0 Å². The van der Waals surface area contributed by atoms with Gasteiger partial charge in [-0.25, -0.2) is 4.79 Å². The Morgan fingerprint density at radius 2 is 1.57 bits per heavy atom. The van der Waals surface area contributed by atoms with Crippen molar-refractivity contribution in [3.8, 4) is 16.9 Å². The third-order valence-electron chi connectivity index (χ3n) is 11.8. The lowest BCUT2D eigenvalue weighted by atomic mass is 9.64. The molecule has 6 heteroatoms. The number of allylic oxidation sites excluding steroid dienone is 5. The Labute approximate surface area is 340 Å². The van der Waals surface area contributed by atoms with E-state index in [1.165, 1.54) is 57.1 Å². The monoisotopic (exact) mass is 766 g/mol. The second kappa shape index (κ2) is 14.8. The van der Waals surface area contributed by atoms with Gasteiger partial charge in [-0.15, -0.1) is 0 Å². The number of fused-ring (bicyclic) bond motifs is 5. The molecule has 8 rings (SSSR count). The van der Waals surface area contributed by atoms with Gasteiger partial charge in [-0.1, -0.05) is 118 Å². The summed E-state index contributed by atoms with van der Waals surface area (Å²) in [4.78, 5) is 28.0. The van der Waals surface area contributed by atoms with Crippen molar-refractivity contribution >= 4 is 56.3 Å². The van der Waals surface area contributed by atoms with Gasteiger partial charge in [0.1, 0.15) is 11.3 Å². The van der Waals surface area contributed by atoms with Gasteiger partial charge in [0, 0.05) is 43.0 Å². The Morgan fingerprint density at radius 3 is 2.31 bits per heavy atom. The molecule has 0 unspecified atom stereocenters. The quantitative estimate of drug-likeness (QED) is 0.0950. The molecule has 0 aromatic heterocycles. The molecule has 0 bridgehead atoms. The summed E-state index contributed by atoms with van der Waals surface area (Å²) in [5.41, 5.74) is 11.7. The van der Waals surface area contributed by atoms with Crippen LogP contribution in [-0.4, -0.2) is 42.6 Å². The average molecular weight is 767 g/mol. The van der Waals surface area contributed by atoms with E-state index in [1.807, 2.05) is 30.3 Å². The van der Waals surface area contributed by atoms with Crippen LogP contribution in [0.2, 0.25) is 0 Å². The van der Waals surface area contributed by atoms with Crippen molar-refractivity contribution in [2.75, 3.05) is 30.9 Å². The molecule has 0 aliphatic heterocycles. The highest BCUT2D eigenvalue weighted by atomic mass is 16.4. The van der Waals surface area contributed by atoms with E-state index in [-0.39, 0.29) is 27.9 Å². The van der Waals surface area contributed by atoms with Crippen molar-refractivity contribution in [2.24, 2.45) is 5.41 Å². The number of nitrogens with one attached hydrogen (secondary N) is 1. The van der Waals surface area contributed by atoms with Crippen LogP contribution in [0, 0.1) is 5.41 Å². The first-order valence-electron chi connectivity index (χ1n) is 20.0. The number of phenols is 1. The fraction of sp³-hybridized carbons (Fsp3) is 0.231. The fourth-order valence-corrected chi connectivity index (χ4v) is 9.05. The Bertz CT molecular complexity index is 2730. The molecule has 58 heavy (non-hydrogen) atoms. The highest BCUT2D eigenvalue weighted by molar-refractivity contribution is 6.19. The number of rotatable bonds is 10. The number of carbonyl (C=O) groups excluding carboxylic acids is 1. The predicted molar refractivity (Wildman–Crippen MR) is 240 cm³/mol. The maximum Gasteiger partial charge on any atom is 0.339 e. The number of aromatic carboxylic acids is 1. The molecular formula is C52H50N2O4.